The average molecular weight is 908 g/mol. The molecule has 0 fully saturated rings. The summed E-state index contributed by atoms with van der Waals surface area (Å²) in [4.78, 5) is 42.6. The van der Waals surface area contributed by atoms with E-state index in [4.69, 9.17) is 66.7 Å². The lowest BCUT2D eigenvalue weighted by Gasteiger charge is -2.19. The molecule has 0 aromatic heterocycles. The fourth-order valence-electron chi connectivity index (χ4n) is 4.90. The molecule has 0 aliphatic rings. The van der Waals surface area contributed by atoms with Gasteiger partial charge in [-0.2, -0.15) is 0 Å². The fourth-order valence-corrected chi connectivity index (χ4v) is 5.59. The smallest absolute Gasteiger partial charge is 0.329 e. The van der Waals surface area contributed by atoms with Gasteiger partial charge in [0.25, 0.3) is 5.91 Å². The topological polar surface area (TPSA) is 244 Å². The number of nitrogens with one attached hydrogen (secondary N) is 1. The predicted octanol–water partition coefficient (Wildman–Crippen LogP) is 2.97. The van der Waals surface area contributed by atoms with Gasteiger partial charge in [-0.3, -0.25) is 14.2 Å². The summed E-state index contributed by atoms with van der Waals surface area (Å²) in [5.74, 6) is -0.284. The zero-order chi connectivity index (χ0) is 44.9. The molecule has 21 heteroatoms. The summed E-state index contributed by atoms with van der Waals surface area (Å²) < 4.78 is 84.3. The number of benzene rings is 2. The lowest BCUT2D eigenvalue weighted by atomic mass is 10.1. The molecule has 0 aliphatic carbocycles. The van der Waals surface area contributed by atoms with E-state index in [9.17, 15) is 23.9 Å². The van der Waals surface area contributed by atoms with Crippen molar-refractivity contribution in [1.29, 1.82) is 0 Å². The summed E-state index contributed by atoms with van der Waals surface area (Å²) in [6.07, 6.45) is 0.459. The van der Waals surface area contributed by atoms with E-state index in [0.29, 0.717) is 84.0 Å². The van der Waals surface area contributed by atoms with Crippen LogP contribution >= 0.6 is 7.60 Å². The van der Waals surface area contributed by atoms with Gasteiger partial charge in [-0.15, -0.1) is 0 Å². The minimum Gasteiger partial charge on any atom is -0.492 e. The maximum atomic E-state index is 13.5. The number of hydrogen-bond donors (Lipinski definition) is 4. The van der Waals surface area contributed by atoms with Crippen LogP contribution in [0.25, 0.3) is 0 Å². The van der Waals surface area contributed by atoms with Crippen molar-refractivity contribution in [2.24, 2.45) is 0 Å². The Balaban J connectivity index is 2.08. The highest BCUT2D eigenvalue weighted by atomic mass is 31.2. The Morgan fingerprint density at radius 1 is 0.565 bits per heavy atom. The molecule has 2 aromatic rings. The molecular formula is C41H66NO19P. The molecule has 20 nitrogen and oxygen atoms in total. The van der Waals surface area contributed by atoms with Gasteiger partial charge in [0.15, 0.2) is 11.5 Å². The van der Waals surface area contributed by atoms with Crippen LogP contribution in [-0.2, 0) is 58.2 Å². The van der Waals surface area contributed by atoms with E-state index in [2.05, 4.69) is 5.32 Å². The summed E-state index contributed by atoms with van der Waals surface area (Å²) in [6, 6.07) is 9.38. The van der Waals surface area contributed by atoms with E-state index >= 15 is 0 Å². The van der Waals surface area contributed by atoms with Gasteiger partial charge < -0.3 is 81.8 Å². The lowest BCUT2D eigenvalue weighted by molar-refractivity contribution is -0.138. The van der Waals surface area contributed by atoms with Crippen molar-refractivity contribution in [3.63, 3.8) is 0 Å². The van der Waals surface area contributed by atoms with Crippen LogP contribution in [-0.4, -0.2) is 179 Å². The van der Waals surface area contributed by atoms with Crippen molar-refractivity contribution >= 4 is 19.5 Å². The van der Waals surface area contributed by atoms with Crippen LogP contribution < -0.4 is 24.3 Å². The van der Waals surface area contributed by atoms with E-state index in [0.717, 1.165) is 6.42 Å². The van der Waals surface area contributed by atoms with Gasteiger partial charge in [0, 0.05) is 19.3 Å². The number of carboxylic acids is 1. The number of carboxylic acid groups (broad SMARTS) is 1. The van der Waals surface area contributed by atoms with Gasteiger partial charge >= 0.3 is 13.6 Å². The largest absolute Gasteiger partial charge is 0.492 e. The van der Waals surface area contributed by atoms with Gasteiger partial charge in [-0.05, 0) is 36.2 Å². The van der Waals surface area contributed by atoms with Crippen LogP contribution in [0.2, 0.25) is 0 Å². The number of carbonyl (C=O) groups excluding carboxylic acids is 1. The molecule has 0 unspecified atom stereocenters. The van der Waals surface area contributed by atoms with Crippen LogP contribution in [0.4, 0.5) is 0 Å². The van der Waals surface area contributed by atoms with Crippen LogP contribution in [0, 0.1) is 0 Å². The summed E-state index contributed by atoms with van der Waals surface area (Å²) in [6.45, 7) is 8.51. The van der Waals surface area contributed by atoms with Crippen molar-refractivity contribution in [1.82, 2.24) is 5.32 Å². The molecule has 0 saturated heterocycles. The molecular weight excluding hydrogens is 841 g/mol. The third kappa shape index (κ3) is 28.9. The van der Waals surface area contributed by atoms with Gasteiger partial charge in [-0.1, -0.05) is 19.1 Å². The predicted molar refractivity (Wildman–Crippen MR) is 224 cm³/mol. The highest BCUT2D eigenvalue weighted by Gasteiger charge is 2.20. The van der Waals surface area contributed by atoms with E-state index in [1.54, 1.807) is 31.4 Å². The highest BCUT2D eigenvalue weighted by molar-refractivity contribution is 7.50. The van der Waals surface area contributed by atoms with Gasteiger partial charge in [0.05, 0.1) is 125 Å². The Bertz CT molecular complexity index is 1500. The number of aliphatic carboxylic acids is 1. The Kier molecular flexibility index (Phi) is 31.5. The van der Waals surface area contributed by atoms with Crippen molar-refractivity contribution in [2.75, 3.05) is 152 Å². The van der Waals surface area contributed by atoms with Crippen LogP contribution in [0.3, 0.4) is 0 Å². The quantitative estimate of drug-likeness (QED) is 0.0553. The van der Waals surface area contributed by atoms with Gasteiger partial charge in [0.2, 0.25) is 5.75 Å². The van der Waals surface area contributed by atoms with Crippen molar-refractivity contribution in [3.8, 4) is 23.0 Å². The molecule has 0 heterocycles. The van der Waals surface area contributed by atoms with Crippen LogP contribution in [0.1, 0.15) is 35.7 Å². The molecule has 0 spiro atoms. The molecule has 62 heavy (non-hydrogen) atoms. The molecule has 0 aliphatic heterocycles. The molecule has 0 radical (unpaired) electrons. The zero-order valence-electron chi connectivity index (χ0n) is 36.0. The number of rotatable bonds is 42. The van der Waals surface area contributed by atoms with Crippen molar-refractivity contribution in [3.05, 3.63) is 47.5 Å². The number of amides is 1. The Morgan fingerprint density at radius 2 is 1.00 bits per heavy atom. The standard InChI is InChI=1S/C41H66NO19P/c1-3-10-50-15-17-53-21-23-55-25-28-59-37-31-35(41(45)42-9-12-58-36-6-4-34(5-7-36)33-62(46,47)48)32-38(40(37)61-30-27-57-18-16-51-11-8-39(43)44)60-29-26-56-24-22-54-20-19-52-14-13-49-2/h4-7,31-32H,3,8-30,33H2,1-2H3,(H,42,45)(H,43,44)(H2,46,47,48). The van der Waals surface area contributed by atoms with E-state index in [-0.39, 0.29) is 108 Å². The number of methoxy groups -OCH3 is 1. The monoisotopic (exact) mass is 907 g/mol. The van der Waals surface area contributed by atoms with E-state index in [1.165, 1.54) is 12.1 Å². The maximum absolute atomic E-state index is 13.5. The molecule has 4 N–H and O–H groups in total. The average Bonchev–Trinajstić information content (AvgIpc) is 3.24. The van der Waals surface area contributed by atoms with Crippen LogP contribution in [0.15, 0.2) is 36.4 Å². The summed E-state index contributed by atoms with van der Waals surface area (Å²) >= 11 is 0. The third-order valence-corrected chi connectivity index (χ3v) is 8.57. The first-order chi connectivity index (χ1) is 30.1. The number of hydrogen-bond acceptors (Lipinski definition) is 16. The van der Waals surface area contributed by atoms with Crippen molar-refractivity contribution in [2.45, 2.75) is 25.9 Å². The zero-order valence-corrected chi connectivity index (χ0v) is 36.9. The molecule has 0 bridgehead atoms. The summed E-state index contributed by atoms with van der Waals surface area (Å²) in [7, 11) is -2.60. The Morgan fingerprint density at radius 3 is 1.45 bits per heavy atom. The van der Waals surface area contributed by atoms with Gasteiger partial charge in [-0.25, -0.2) is 0 Å². The second kappa shape index (κ2) is 35.8. The third-order valence-electron chi connectivity index (χ3n) is 7.80. The lowest BCUT2D eigenvalue weighted by Crippen LogP contribution is -2.28. The van der Waals surface area contributed by atoms with Crippen molar-refractivity contribution < 1.29 is 90.6 Å². The molecule has 354 valence electrons. The Hall–Kier alpha value is -3.63. The molecule has 0 saturated carbocycles. The first-order valence-corrected chi connectivity index (χ1v) is 22.4. The molecule has 2 rings (SSSR count). The minimum absolute atomic E-state index is 0.0733. The molecule has 2 aromatic carbocycles. The van der Waals surface area contributed by atoms with E-state index in [1.807, 2.05) is 6.92 Å². The second-order valence-corrected chi connectivity index (χ2v) is 14.6. The fraction of sp³-hybridized carbons (Fsp3) is 0.659. The van der Waals surface area contributed by atoms with E-state index < -0.39 is 19.5 Å². The second-order valence-electron chi connectivity index (χ2n) is 13.0. The SMILES string of the molecule is CCCOCCOCCOCCOc1cc(C(=O)NCCOc2ccc(CP(=O)(O)O)cc2)cc(OCCOCCOCCOCCOC)c1OCCOCCOCCC(=O)O. The number of ether oxygens (including phenoxy) is 13. The summed E-state index contributed by atoms with van der Waals surface area (Å²) in [5, 5.41) is 11.6. The maximum Gasteiger partial charge on any atom is 0.329 e. The Labute approximate surface area is 363 Å². The van der Waals surface area contributed by atoms with Crippen LogP contribution in [0.5, 0.6) is 23.0 Å². The summed E-state index contributed by atoms with van der Waals surface area (Å²) in [5.41, 5.74) is 0.676. The van der Waals surface area contributed by atoms with Gasteiger partial charge in [0.1, 0.15) is 32.2 Å². The minimum atomic E-state index is -4.20. The normalized spacial score (nSPS) is 11.4. The first-order valence-electron chi connectivity index (χ1n) is 20.6. The number of carbonyl (C=O) groups is 2. The molecule has 1 amide bonds. The molecule has 0 atom stereocenters. The highest BCUT2D eigenvalue weighted by Crippen LogP contribution is 2.40. The first kappa shape index (κ1) is 54.5.